The molecule has 1 aliphatic heterocycles. The number of hydrogen-bond donors (Lipinski definition) is 2. The number of fused-ring (bicyclic) bond motifs is 1. The number of nitrogens with one attached hydrogen (secondary N) is 1. The number of nitrogens with zero attached hydrogens (tertiary/aromatic N) is 3. The molecule has 7 heteroatoms. The van der Waals surface area contributed by atoms with Crippen LogP contribution in [0.1, 0.15) is 0 Å². The first-order valence-electron chi connectivity index (χ1n) is 6.82. The number of hydrogen-bond acceptors (Lipinski definition) is 6. The summed E-state index contributed by atoms with van der Waals surface area (Å²) in [6.07, 6.45) is 1.56. The number of aliphatic hydroxyl groups excluding tert-OH is 1. The SMILES string of the molecule is O=[N+]([O-])c1ccc(N2CCNC(CO)C2)c2cccnc12. The maximum Gasteiger partial charge on any atom is 0.295 e. The number of aliphatic hydroxyl groups is 1. The second-order valence-electron chi connectivity index (χ2n) is 5.04. The van der Waals surface area contributed by atoms with Gasteiger partial charge in [0.25, 0.3) is 5.69 Å². The summed E-state index contributed by atoms with van der Waals surface area (Å²) in [5, 5.41) is 24.4. The van der Waals surface area contributed by atoms with Gasteiger partial charge in [-0.2, -0.15) is 0 Å². The summed E-state index contributed by atoms with van der Waals surface area (Å²) >= 11 is 0. The van der Waals surface area contributed by atoms with Crippen LogP contribution in [0.15, 0.2) is 30.5 Å². The fourth-order valence-corrected chi connectivity index (χ4v) is 2.73. The number of pyridine rings is 1. The highest BCUT2D eigenvalue weighted by Gasteiger charge is 2.23. The van der Waals surface area contributed by atoms with E-state index in [4.69, 9.17) is 0 Å². The minimum atomic E-state index is -0.409. The fourth-order valence-electron chi connectivity index (χ4n) is 2.73. The first-order chi connectivity index (χ1) is 10.2. The van der Waals surface area contributed by atoms with Gasteiger partial charge in [-0.3, -0.25) is 10.1 Å². The van der Waals surface area contributed by atoms with E-state index in [1.54, 1.807) is 18.3 Å². The predicted molar refractivity (Wildman–Crippen MR) is 79.5 cm³/mol. The standard InChI is InChI=1S/C14H16N4O3/c19-9-10-8-17(7-6-15-10)12-3-4-13(18(20)21)14-11(12)2-1-5-16-14/h1-5,10,15,19H,6-9H2. The van der Waals surface area contributed by atoms with E-state index in [9.17, 15) is 15.2 Å². The van der Waals surface area contributed by atoms with E-state index >= 15 is 0 Å². The topological polar surface area (TPSA) is 91.5 Å². The Hall–Kier alpha value is -2.25. The zero-order valence-electron chi connectivity index (χ0n) is 11.4. The van der Waals surface area contributed by atoms with Crippen LogP contribution in [-0.4, -0.2) is 47.3 Å². The number of aromatic nitrogens is 1. The average Bonchev–Trinajstić information content (AvgIpc) is 2.53. The van der Waals surface area contributed by atoms with Crippen LogP contribution in [0, 0.1) is 10.1 Å². The van der Waals surface area contributed by atoms with E-state index in [1.807, 2.05) is 6.07 Å². The lowest BCUT2D eigenvalue weighted by Crippen LogP contribution is -2.52. The van der Waals surface area contributed by atoms with Crippen LogP contribution in [0.4, 0.5) is 11.4 Å². The first-order valence-corrected chi connectivity index (χ1v) is 6.82. The van der Waals surface area contributed by atoms with Crippen molar-refractivity contribution in [2.24, 2.45) is 0 Å². The Balaban J connectivity index is 2.07. The van der Waals surface area contributed by atoms with Crippen LogP contribution in [0.25, 0.3) is 10.9 Å². The van der Waals surface area contributed by atoms with Crippen LogP contribution >= 0.6 is 0 Å². The number of nitro benzene ring substituents is 1. The normalized spacial score (nSPS) is 18.9. The van der Waals surface area contributed by atoms with Crippen LogP contribution in [0.3, 0.4) is 0 Å². The van der Waals surface area contributed by atoms with E-state index in [-0.39, 0.29) is 18.3 Å². The zero-order chi connectivity index (χ0) is 14.8. The Morgan fingerprint density at radius 3 is 3.10 bits per heavy atom. The first kappa shape index (κ1) is 13.7. The van der Waals surface area contributed by atoms with Crippen LogP contribution in [0.5, 0.6) is 0 Å². The Morgan fingerprint density at radius 1 is 1.48 bits per heavy atom. The molecule has 1 saturated heterocycles. The van der Waals surface area contributed by atoms with E-state index in [1.165, 1.54) is 6.07 Å². The van der Waals surface area contributed by atoms with Crippen molar-refractivity contribution in [3.8, 4) is 0 Å². The molecule has 7 nitrogen and oxygen atoms in total. The van der Waals surface area contributed by atoms with Gasteiger partial charge in [0.05, 0.1) is 11.5 Å². The summed E-state index contributed by atoms with van der Waals surface area (Å²) in [6, 6.07) is 6.91. The summed E-state index contributed by atoms with van der Waals surface area (Å²) in [5.74, 6) is 0. The minimum absolute atomic E-state index is 0.0145. The van der Waals surface area contributed by atoms with Crippen molar-refractivity contribution < 1.29 is 10.0 Å². The monoisotopic (exact) mass is 288 g/mol. The molecule has 21 heavy (non-hydrogen) atoms. The molecule has 0 amide bonds. The summed E-state index contributed by atoms with van der Waals surface area (Å²) in [4.78, 5) is 17.0. The van der Waals surface area contributed by atoms with Crippen LogP contribution in [0.2, 0.25) is 0 Å². The number of rotatable bonds is 3. The van der Waals surface area contributed by atoms with Gasteiger partial charge in [-0.05, 0) is 18.2 Å². The second kappa shape index (κ2) is 5.63. The Bertz CT molecular complexity index is 676. The largest absolute Gasteiger partial charge is 0.395 e. The Labute approximate surface area is 121 Å². The van der Waals surface area contributed by atoms with Crippen molar-refractivity contribution in [3.63, 3.8) is 0 Å². The van der Waals surface area contributed by atoms with Crippen LogP contribution in [-0.2, 0) is 0 Å². The predicted octanol–water partition coefficient (Wildman–Crippen LogP) is 0.913. The van der Waals surface area contributed by atoms with E-state index in [0.29, 0.717) is 12.1 Å². The Kier molecular flexibility index (Phi) is 3.68. The molecule has 1 atom stereocenters. The van der Waals surface area contributed by atoms with Gasteiger partial charge in [0.1, 0.15) is 5.52 Å². The Morgan fingerprint density at radius 2 is 2.33 bits per heavy atom. The molecule has 1 unspecified atom stereocenters. The lowest BCUT2D eigenvalue weighted by molar-refractivity contribution is -0.383. The molecule has 2 heterocycles. The lowest BCUT2D eigenvalue weighted by atomic mass is 10.1. The highest BCUT2D eigenvalue weighted by molar-refractivity contribution is 5.97. The summed E-state index contributed by atoms with van der Waals surface area (Å²) in [7, 11) is 0. The molecule has 0 bridgehead atoms. The molecule has 0 saturated carbocycles. The molecule has 1 aromatic carbocycles. The zero-order valence-corrected chi connectivity index (χ0v) is 11.4. The average molecular weight is 288 g/mol. The van der Waals surface area contributed by atoms with Gasteiger partial charge in [-0.1, -0.05) is 0 Å². The summed E-state index contributed by atoms with van der Waals surface area (Å²) in [5.41, 5.74) is 1.34. The third-order valence-corrected chi connectivity index (χ3v) is 3.74. The van der Waals surface area contributed by atoms with E-state index in [0.717, 1.165) is 24.2 Å². The van der Waals surface area contributed by atoms with Crippen LogP contribution < -0.4 is 10.2 Å². The van der Waals surface area contributed by atoms with Gasteiger partial charge in [-0.15, -0.1) is 0 Å². The second-order valence-corrected chi connectivity index (χ2v) is 5.04. The van der Waals surface area contributed by atoms with Crippen molar-refractivity contribution in [2.45, 2.75) is 6.04 Å². The molecule has 0 radical (unpaired) electrons. The maximum atomic E-state index is 11.1. The van der Waals surface area contributed by atoms with Crippen molar-refractivity contribution >= 4 is 22.3 Å². The molecule has 2 aromatic rings. The molecular weight excluding hydrogens is 272 g/mol. The van der Waals surface area contributed by atoms with Gasteiger partial charge >= 0.3 is 0 Å². The minimum Gasteiger partial charge on any atom is -0.395 e. The quantitative estimate of drug-likeness (QED) is 0.644. The number of benzene rings is 1. The van der Waals surface area contributed by atoms with Gasteiger partial charge in [0.2, 0.25) is 0 Å². The third-order valence-electron chi connectivity index (χ3n) is 3.74. The van der Waals surface area contributed by atoms with Crippen molar-refractivity contribution in [2.75, 3.05) is 31.1 Å². The number of nitro groups is 1. The molecule has 0 spiro atoms. The number of anilines is 1. The van der Waals surface area contributed by atoms with E-state index in [2.05, 4.69) is 15.2 Å². The molecule has 0 aliphatic carbocycles. The molecule has 1 aromatic heterocycles. The highest BCUT2D eigenvalue weighted by Crippen LogP contribution is 2.32. The number of piperazine rings is 1. The van der Waals surface area contributed by atoms with Gasteiger partial charge in [0, 0.05) is 49.0 Å². The van der Waals surface area contributed by atoms with Gasteiger partial charge < -0.3 is 15.3 Å². The van der Waals surface area contributed by atoms with Crippen molar-refractivity contribution in [3.05, 3.63) is 40.6 Å². The fraction of sp³-hybridized carbons (Fsp3) is 0.357. The molecule has 3 rings (SSSR count). The van der Waals surface area contributed by atoms with E-state index < -0.39 is 4.92 Å². The van der Waals surface area contributed by atoms with Gasteiger partial charge in [0.15, 0.2) is 0 Å². The van der Waals surface area contributed by atoms with Crippen molar-refractivity contribution in [1.29, 1.82) is 0 Å². The molecule has 1 fully saturated rings. The summed E-state index contributed by atoms with van der Waals surface area (Å²) < 4.78 is 0. The molecule has 110 valence electrons. The summed E-state index contributed by atoms with van der Waals surface area (Å²) in [6.45, 7) is 2.29. The smallest absolute Gasteiger partial charge is 0.295 e. The maximum absolute atomic E-state index is 11.1. The van der Waals surface area contributed by atoms with Gasteiger partial charge in [-0.25, -0.2) is 4.98 Å². The highest BCUT2D eigenvalue weighted by atomic mass is 16.6. The molecular formula is C14H16N4O3. The molecule has 2 N–H and O–H groups in total. The third kappa shape index (κ3) is 2.53. The number of non-ortho nitro benzene ring substituents is 1. The van der Waals surface area contributed by atoms with Crippen molar-refractivity contribution in [1.82, 2.24) is 10.3 Å². The molecule has 1 aliphatic rings. The lowest BCUT2D eigenvalue weighted by Gasteiger charge is -2.35.